The number of hydrogen-bond acceptors (Lipinski definition) is 2. The number of aliphatic hydroxyl groups is 1. The van der Waals surface area contributed by atoms with Gasteiger partial charge in [0.15, 0.2) is 0 Å². The van der Waals surface area contributed by atoms with Gasteiger partial charge in [0.2, 0.25) is 0 Å². The van der Waals surface area contributed by atoms with E-state index in [4.69, 9.17) is 16.7 Å². The molecule has 1 aromatic carbocycles. The summed E-state index contributed by atoms with van der Waals surface area (Å²) in [4.78, 5) is 2.23. The Hall–Kier alpha value is -0.830. The largest absolute Gasteiger partial charge is 0.396 e. The average molecular weight is 240 g/mol. The van der Waals surface area contributed by atoms with E-state index in [1.54, 1.807) is 0 Å². The van der Waals surface area contributed by atoms with Gasteiger partial charge < -0.3 is 5.11 Å². The Kier molecular flexibility index (Phi) is 6.16. The van der Waals surface area contributed by atoms with Gasteiger partial charge in [0.05, 0.1) is 0 Å². The van der Waals surface area contributed by atoms with Crippen LogP contribution in [0.4, 0.5) is 0 Å². The first kappa shape index (κ1) is 13.2. The Bertz CT molecular complexity index is 327. The molecule has 0 saturated heterocycles. The second kappa shape index (κ2) is 7.44. The highest BCUT2D eigenvalue weighted by Crippen LogP contribution is 2.12. The van der Waals surface area contributed by atoms with Gasteiger partial charge in [-0.25, -0.2) is 0 Å². The summed E-state index contributed by atoms with van der Waals surface area (Å²) in [5, 5.41) is 9.58. The lowest BCUT2D eigenvalue weighted by molar-refractivity contribution is 0.232. The zero-order valence-corrected chi connectivity index (χ0v) is 10.2. The zero-order valence-electron chi connectivity index (χ0n) is 9.40. The molecule has 1 N–H and O–H groups in total. The Morgan fingerprint density at radius 1 is 1.44 bits per heavy atom. The molecule has 1 aromatic rings. The summed E-state index contributed by atoms with van der Waals surface area (Å²) < 4.78 is 0. The van der Waals surface area contributed by atoms with Crippen molar-refractivity contribution in [1.29, 1.82) is 0 Å². The van der Waals surface area contributed by atoms with Crippen LogP contribution in [0.3, 0.4) is 0 Å². The Morgan fingerprint density at radius 3 is 2.88 bits per heavy atom. The number of rotatable bonds is 7. The fraction of sp³-hybridized carbons (Fsp3) is 0.385. The van der Waals surface area contributed by atoms with Crippen molar-refractivity contribution in [2.75, 3.05) is 19.7 Å². The maximum absolute atomic E-state index is 8.82. The van der Waals surface area contributed by atoms with E-state index < -0.39 is 0 Å². The quantitative estimate of drug-likeness (QED) is 0.740. The van der Waals surface area contributed by atoms with Crippen molar-refractivity contribution in [3.8, 4) is 0 Å². The topological polar surface area (TPSA) is 23.5 Å². The van der Waals surface area contributed by atoms with Crippen molar-refractivity contribution in [2.45, 2.75) is 13.0 Å². The first-order valence-electron chi connectivity index (χ1n) is 5.45. The first-order valence-corrected chi connectivity index (χ1v) is 5.82. The molecule has 16 heavy (non-hydrogen) atoms. The van der Waals surface area contributed by atoms with E-state index in [-0.39, 0.29) is 6.61 Å². The summed E-state index contributed by atoms with van der Waals surface area (Å²) in [7, 11) is 0. The highest BCUT2D eigenvalue weighted by Gasteiger charge is 2.04. The van der Waals surface area contributed by atoms with E-state index in [1.165, 1.54) is 5.56 Å². The number of aliphatic hydroxyl groups excluding tert-OH is 1. The summed E-state index contributed by atoms with van der Waals surface area (Å²) in [6.45, 7) is 6.50. The number of benzene rings is 1. The molecule has 1 rings (SSSR count). The maximum Gasteiger partial charge on any atom is 0.0443 e. The Morgan fingerprint density at radius 2 is 2.25 bits per heavy atom. The third kappa shape index (κ3) is 4.79. The van der Waals surface area contributed by atoms with Gasteiger partial charge >= 0.3 is 0 Å². The van der Waals surface area contributed by atoms with Crippen molar-refractivity contribution >= 4 is 11.6 Å². The van der Waals surface area contributed by atoms with Crippen molar-refractivity contribution in [3.05, 3.63) is 47.5 Å². The van der Waals surface area contributed by atoms with E-state index in [0.29, 0.717) is 0 Å². The molecule has 3 heteroatoms. The minimum Gasteiger partial charge on any atom is -0.396 e. The molecule has 2 nitrogen and oxygen atoms in total. The molecule has 0 aliphatic carbocycles. The van der Waals surface area contributed by atoms with Gasteiger partial charge in [0.25, 0.3) is 0 Å². The van der Waals surface area contributed by atoms with Crippen molar-refractivity contribution in [1.82, 2.24) is 4.90 Å². The summed E-state index contributed by atoms with van der Waals surface area (Å²) >= 11 is 5.93. The highest BCUT2D eigenvalue weighted by atomic mass is 35.5. The van der Waals surface area contributed by atoms with Gasteiger partial charge in [-0.05, 0) is 24.1 Å². The summed E-state index contributed by atoms with van der Waals surface area (Å²) in [6.07, 6.45) is 2.66. The van der Waals surface area contributed by atoms with Gasteiger partial charge in [0, 0.05) is 31.3 Å². The lowest BCUT2D eigenvalue weighted by Crippen LogP contribution is -2.25. The molecular weight excluding hydrogens is 222 g/mol. The summed E-state index contributed by atoms with van der Waals surface area (Å²) in [6, 6.07) is 7.85. The van der Waals surface area contributed by atoms with Crippen LogP contribution in [0, 0.1) is 0 Å². The molecule has 0 saturated carbocycles. The molecule has 0 aliphatic heterocycles. The van der Waals surface area contributed by atoms with Crippen molar-refractivity contribution in [3.63, 3.8) is 0 Å². The third-order valence-electron chi connectivity index (χ3n) is 2.31. The molecule has 0 radical (unpaired) electrons. The minimum atomic E-state index is 0.225. The number of hydrogen-bond donors (Lipinski definition) is 1. The summed E-state index contributed by atoms with van der Waals surface area (Å²) in [5.41, 5.74) is 1.19. The predicted molar refractivity (Wildman–Crippen MR) is 68.6 cm³/mol. The SMILES string of the molecule is C=CCN(CCCO)Cc1cccc(Cl)c1. The van der Waals surface area contributed by atoms with Crippen LogP contribution in [0.25, 0.3) is 0 Å². The highest BCUT2D eigenvalue weighted by molar-refractivity contribution is 6.30. The van der Waals surface area contributed by atoms with Crippen LogP contribution in [0.5, 0.6) is 0 Å². The number of nitrogens with zero attached hydrogens (tertiary/aromatic N) is 1. The molecule has 0 heterocycles. The van der Waals surface area contributed by atoms with Crippen molar-refractivity contribution in [2.24, 2.45) is 0 Å². The fourth-order valence-electron chi connectivity index (χ4n) is 1.61. The van der Waals surface area contributed by atoms with Gasteiger partial charge in [0.1, 0.15) is 0 Å². The van der Waals surface area contributed by atoms with Crippen LogP contribution in [0.1, 0.15) is 12.0 Å². The molecule has 0 amide bonds. The second-order valence-electron chi connectivity index (χ2n) is 3.73. The summed E-state index contributed by atoms with van der Waals surface area (Å²) in [5.74, 6) is 0. The minimum absolute atomic E-state index is 0.225. The standard InChI is InChI=1S/C13H18ClNO/c1-2-7-15(8-4-9-16)11-12-5-3-6-13(14)10-12/h2-3,5-6,10,16H,1,4,7-9,11H2. The van der Waals surface area contributed by atoms with Gasteiger partial charge in [-0.2, -0.15) is 0 Å². The molecule has 0 atom stereocenters. The van der Waals surface area contributed by atoms with Gasteiger partial charge in [-0.1, -0.05) is 29.8 Å². The Labute approximate surface area is 102 Å². The predicted octanol–water partition coefficient (Wildman–Crippen LogP) is 2.71. The Balaban J connectivity index is 2.56. The smallest absolute Gasteiger partial charge is 0.0443 e. The third-order valence-corrected chi connectivity index (χ3v) is 2.55. The molecule has 0 aliphatic rings. The molecule has 0 unspecified atom stereocenters. The van der Waals surface area contributed by atoms with Crippen LogP contribution < -0.4 is 0 Å². The van der Waals surface area contributed by atoms with Crippen LogP contribution in [-0.4, -0.2) is 29.7 Å². The van der Waals surface area contributed by atoms with Crippen molar-refractivity contribution < 1.29 is 5.11 Å². The molecule has 0 aromatic heterocycles. The average Bonchev–Trinajstić information content (AvgIpc) is 2.26. The molecular formula is C13H18ClNO. The monoisotopic (exact) mass is 239 g/mol. The lowest BCUT2D eigenvalue weighted by atomic mass is 10.2. The van der Waals surface area contributed by atoms with Crippen LogP contribution in [-0.2, 0) is 6.54 Å². The fourth-order valence-corrected chi connectivity index (χ4v) is 1.82. The first-order chi connectivity index (χ1) is 7.76. The number of halogens is 1. The second-order valence-corrected chi connectivity index (χ2v) is 4.17. The van der Waals surface area contributed by atoms with Gasteiger partial charge in [-0.15, -0.1) is 6.58 Å². The lowest BCUT2D eigenvalue weighted by Gasteiger charge is -2.20. The molecule has 0 spiro atoms. The van der Waals surface area contributed by atoms with E-state index in [2.05, 4.69) is 17.5 Å². The molecule has 0 bridgehead atoms. The van der Waals surface area contributed by atoms with Gasteiger partial charge in [-0.3, -0.25) is 4.90 Å². The van der Waals surface area contributed by atoms with E-state index in [0.717, 1.165) is 31.1 Å². The van der Waals surface area contributed by atoms with Crippen LogP contribution in [0.15, 0.2) is 36.9 Å². The van der Waals surface area contributed by atoms with Crippen LogP contribution >= 0.6 is 11.6 Å². The van der Waals surface area contributed by atoms with E-state index in [1.807, 2.05) is 24.3 Å². The molecule has 0 fully saturated rings. The van der Waals surface area contributed by atoms with E-state index >= 15 is 0 Å². The molecule has 88 valence electrons. The van der Waals surface area contributed by atoms with E-state index in [9.17, 15) is 0 Å². The zero-order chi connectivity index (χ0) is 11.8. The van der Waals surface area contributed by atoms with Crippen LogP contribution in [0.2, 0.25) is 5.02 Å². The normalized spacial score (nSPS) is 10.7. The maximum atomic E-state index is 8.82.